The second-order valence-corrected chi connectivity index (χ2v) is 9.14. The molecule has 0 aliphatic rings. The fraction of sp³-hybridized carbons (Fsp3) is 0.600. The van der Waals surface area contributed by atoms with Crippen LogP contribution in [0, 0.1) is 0 Å². The van der Waals surface area contributed by atoms with Crippen LogP contribution in [-0.4, -0.2) is 53.4 Å². The number of primary amides is 1. The molecule has 9 nitrogen and oxygen atoms in total. The minimum absolute atomic E-state index is 0.0104. The van der Waals surface area contributed by atoms with Crippen LogP contribution in [0.1, 0.15) is 78.3 Å². The van der Waals surface area contributed by atoms with E-state index in [9.17, 15) is 19.2 Å². The Bertz CT molecular complexity index is 807. The van der Waals surface area contributed by atoms with Gasteiger partial charge in [-0.2, -0.15) is 0 Å². The molecule has 4 N–H and O–H groups in total. The van der Waals surface area contributed by atoms with Gasteiger partial charge in [-0.1, -0.05) is 50.1 Å². The zero-order valence-corrected chi connectivity index (χ0v) is 21.1. The summed E-state index contributed by atoms with van der Waals surface area (Å²) in [5, 5.41) is 5.48. The highest BCUT2D eigenvalue weighted by Crippen LogP contribution is 2.23. The first kappa shape index (κ1) is 28.9. The highest BCUT2D eigenvalue weighted by atomic mass is 16.6. The number of unbranched alkanes of at least 4 members (excludes halogenated alkanes) is 2. The van der Waals surface area contributed by atoms with Gasteiger partial charge in [0, 0.05) is 19.5 Å². The van der Waals surface area contributed by atoms with Gasteiger partial charge in [0.25, 0.3) is 0 Å². The minimum atomic E-state index is -1.08. The molecule has 4 amide bonds. The third-order valence-electron chi connectivity index (χ3n) is 5.05. The van der Waals surface area contributed by atoms with Crippen LogP contribution in [-0.2, 0) is 19.1 Å². The van der Waals surface area contributed by atoms with Gasteiger partial charge in [-0.15, -0.1) is 0 Å². The van der Waals surface area contributed by atoms with Crippen LogP contribution in [0.25, 0.3) is 0 Å². The average molecular weight is 477 g/mol. The van der Waals surface area contributed by atoms with Crippen molar-refractivity contribution < 1.29 is 23.9 Å². The number of alkyl carbamates (subject to hydrolysis) is 1. The van der Waals surface area contributed by atoms with Gasteiger partial charge < -0.3 is 26.0 Å². The summed E-state index contributed by atoms with van der Waals surface area (Å²) >= 11 is 0. The van der Waals surface area contributed by atoms with Crippen LogP contribution in [0.3, 0.4) is 0 Å². The zero-order valence-electron chi connectivity index (χ0n) is 21.1. The Morgan fingerprint density at radius 3 is 2.24 bits per heavy atom. The van der Waals surface area contributed by atoms with Crippen LogP contribution in [0.5, 0.6) is 0 Å². The normalized spacial score (nSPS) is 12.9. The molecule has 1 aromatic carbocycles. The standard InChI is InChI=1S/C25H40N4O5/c1-6-8-12-17-27-22(31)21(18-13-10-9-11-14-18)29(7-2)23(32)19(15-16-20(26)30)28-24(33)34-25(3,4)5/h9-11,13-14,19,21H,6-8,12,15-17H2,1-5H3,(H2,26,30)(H,27,31)(H,28,33). The van der Waals surface area contributed by atoms with Crippen molar-refractivity contribution in [2.45, 2.75) is 84.4 Å². The molecule has 0 aromatic heterocycles. The van der Waals surface area contributed by atoms with E-state index in [1.807, 2.05) is 6.07 Å². The molecule has 1 aromatic rings. The van der Waals surface area contributed by atoms with Crippen LogP contribution in [0.4, 0.5) is 4.79 Å². The maximum Gasteiger partial charge on any atom is 0.408 e. The Hall–Kier alpha value is -3.10. The molecule has 1 rings (SSSR count). The highest BCUT2D eigenvalue weighted by Gasteiger charge is 2.35. The summed E-state index contributed by atoms with van der Waals surface area (Å²) < 4.78 is 5.29. The van der Waals surface area contributed by atoms with Crippen LogP contribution < -0.4 is 16.4 Å². The van der Waals surface area contributed by atoms with Gasteiger partial charge in [0.2, 0.25) is 17.7 Å². The Kier molecular flexibility index (Phi) is 12.1. The van der Waals surface area contributed by atoms with Crippen molar-refractivity contribution in [3.05, 3.63) is 35.9 Å². The largest absolute Gasteiger partial charge is 0.444 e. The van der Waals surface area contributed by atoms with Gasteiger partial charge >= 0.3 is 6.09 Å². The summed E-state index contributed by atoms with van der Waals surface area (Å²) in [5.41, 5.74) is 5.17. The molecule has 0 saturated carbocycles. The van der Waals surface area contributed by atoms with Gasteiger partial charge in [0.05, 0.1) is 0 Å². The number of nitrogens with zero attached hydrogens (tertiary/aromatic N) is 1. The molecule has 0 heterocycles. The molecule has 2 atom stereocenters. The summed E-state index contributed by atoms with van der Waals surface area (Å²) in [7, 11) is 0. The smallest absolute Gasteiger partial charge is 0.408 e. The van der Waals surface area contributed by atoms with E-state index in [1.54, 1.807) is 52.0 Å². The van der Waals surface area contributed by atoms with E-state index in [0.29, 0.717) is 12.1 Å². The van der Waals surface area contributed by atoms with Gasteiger partial charge in [0.15, 0.2) is 0 Å². The number of amides is 4. The molecule has 0 radical (unpaired) electrons. The summed E-state index contributed by atoms with van der Waals surface area (Å²) in [6.07, 6.45) is 1.95. The third-order valence-corrected chi connectivity index (χ3v) is 5.05. The lowest BCUT2D eigenvalue weighted by atomic mass is 10.0. The molecule has 190 valence electrons. The van der Waals surface area contributed by atoms with E-state index in [0.717, 1.165) is 19.3 Å². The molecule has 34 heavy (non-hydrogen) atoms. The quantitative estimate of drug-likeness (QED) is 0.377. The first-order chi connectivity index (χ1) is 16.0. The summed E-state index contributed by atoms with van der Waals surface area (Å²) in [6, 6.07) is 7.02. The molecule has 0 saturated heterocycles. The number of hydrogen-bond acceptors (Lipinski definition) is 5. The van der Waals surface area contributed by atoms with E-state index >= 15 is 0 Å². The molecule has 0 aliphatic heterocycles. The Labute approximate surface area is 202 Å². The Morgan fingerprint density at radius 2 is 1.71 bits per heavy atom. The van der Waals surface area contributed by atoms with E-state index < -0.39 is 35.6 Å². The van der Waals surface area contributed by atoms with E-state index in [-0.39, 0.29) is 25.3 Å². The van der Waals surface area contributed by atoms with Gasteiger partial charge in [-0.25, -0.2) is 4.79 Å². The maximum absolute atomic E-state index is 13.6. The van der Waals surface area contributed by atoms with Crippen molar-refractivity contribution in [1.29, 1.82) is 0 Å². The lowest BCUT2D eigenvalue weighted by molar-refractivity contribution is -0.142. The first-order valence-electron chi connectivity index (χ1n) is 11.9. The maximum atomic E-state index is 13.6. The molecule has 0 aliphatic carbocycles. The van der Waals surface area contributed by atoms with Crippen LogP contribution in [0.15, 0.2) is 30.3 Å². The molecule has 2 unspecified atom stereocenters. The van der Waals surface area contributed by atoms with Crippen molar-refractivity contribution in [1.82, 2.24) is 15.5 Å². The van der Waals surface area contributed by atoms with Crippen molar-refractivity contribution in [2.24, 2.45) is 5.73 Å². The molecule has 9 heteroatoms. The topological polar surface area (TPSA) is 131 Å². The highest BCUT2D eigenvalue weighted by molar-refractivity contribution is 5.92. The summed E-state index contributed by atoms with van der Waals surface area (Å²) in [4.78, 5) is 52.0. The molecule has 0 spiro atoms. The molecular formula is C25H40N4O5. The summed E-state index contributed by atoms with van der Waals surface area (Å²) in [6.45, 7) is 9.68. The van der Waals surface area contributed by atoms with Crippen LogP contribution >= 0.6 is 0 Å². The van der Waals surface area contributed by atoms with E-state index in [1.165, 1.54) is 4.90 Å². The van der Waals surface area contributed by atoms with Crippen molar-refractivity contribution >= 4 is 23.8 Å². The van der Waals surface area contributed by atoms with Crippen molar-refractivity contribution in [2.75, 3.05) is 13.1 Å². The van der Waals surface area contributed by atoms with Crippen molar-refractivity contribution in [3.8, 4) is 0 Å². The zero-order chi connectivity index (χ0) is 25.7. The predicted molar refractivity (Wildman–Crippen MR) is 131 cm³/mol. The SMILES string of the molecule is CCCCCNC(=O)C(c1ccccc1)N(CC)C(=O)C(CCC(N)=O)NC(=O)OC(C)(C)C. The third kappa shape index (κ3) is 10.2. The number of hydrogen-bond donors (Lipinski definition) is 3. The first-order valence-corrected chi connectivity index (χ1v) is 11.9. The molecular weight excluding hydrogens is 436 g/mol. The number of rotatable bonds is 13. The van der Waals surface area contributed by atoms with E-state index in [2.05, 4.69) is 17.6 Å². The lowest BCUT2D eigenvalue weighted by Crippen LogP contribution is -2.53. The monoisotopic (exact) mass is 476 g/mol. The Morgan fingerprint density at radius 1 is 1.06 bits per heavy atom. The number of benzene rings is 1. The van der Waals surface area contributed by atoms with Gasteiger partial charge in [0.1, 0.15) is 17.7 Å². The van der Waals surface area contributed by atoms with Gasteiger partial charge in [-0.05, 0) is 46.1 Å². The number of nitrogens with one attached hydrogen (secondary N) is 2. The Balaban J connectivity index is 3.21. The average Bonchev–Trinajstić information content (AvgIpc) is 2.76. The van der Waals surface area contributed by atoms with E-state index in [4.69, 9.17) is 10.5 Å². The number of carbonyl (C=O) groups is 4. The molecule has 0 bridgehead atoms. The number of ether oxygens (including phenoxy) is 1. The second kappa shape index (κ2) is 14.2. The number of carbonyl (C=O) groups excluding carboxylic acids is 4. The number of nitrogens with two attached hydrogens (primary N) is 1. The second-order valence-electron chi connectivity index (χ2n) is 9.14. The lowest BCUT2D eigenvalue weighted by Gasteiger charge is -2.33. The summed E-state index contributed by atoms with van der Waals surface area (Å²) in [5.74, 6) is -1.39. The van der Waals surface area contributed by atoms with Crippen LogP contribution in [0.2, 0.25) is 0 Å². The van der Waals surface area contributed by atoms with Crippen molar-refractivity contribution in [3.63, 3.8) is 0 Å². The number of likely N-dealkylation sites (N-methyl/N-ethyl adjacent to an activating group) is 1. The fourth-order valence-corrected chi connectivity index (χ4v) is 3.45. The fourth-order valence-electron chi connectivity index (χ4n) is 3.45. The predicted octanol–water partition coefficient (Wildman–Crippen LogP) is 3.04. The van der Waals surface area contributed by atoms with Gasteiger partial charge in [-0.3, -0.25) is 14.4 Å². The minimum Gasteiger partial charge on any atom is -0.444 e. The molecule has 0 fully saturated rings.